The molecule has 3 aromatic rings. The predicted molar refractivity (Wildman–Crippen MR) is 105 cm³/mol. The number of allylic oxidation sites excluding steroid dienone is 2. The number of aryl methyl sites for hydroxylation is 1. The second-order valence-corrected chi connectivity index (χ2v) is 7.11. The molecule has 0 saturated carbocycles. The van der Waals surface area contributed by atoms with Gasteiger partial charge in [-0.25, -0.2) is 9.36 Å². The molecule has 0 amide bonds. The SMILES string of the molecule is C=C/C=C\c1c(-c2cc3ccccc3n2C(=O)OC(C)(C)C)n[nH]c1C. The highest BCUT2D eigenvalue weighted by molar-refractivity contribution is 5.96. The minimum absolute atomic E-state index is 0.423. The van der Waals surface area contributed by atoms with E-state index in [-0.39, 0.29) is 0 Å². The Labute approximate surface area is 153 Å². The topological polar surface area (TPSA) is 59.9 Å². The third-order valence-corrected chi connectivity index (χ3v) is 3.92. The average Bonchev–Trinajstić information content (AvgIpc) is 3.11. The lowest BCUT2D eigenvalue weighted by Crippen LogP contribution is -2.27. The molecule has 0 spiro atoms. The van der Waals surface area contributed by atoms with Gasteiger partial charge in [0.1, 0.15) is 11.3 Å². The summed E-state index contributed by atoms with van der Waals surface area (Å²) in [5.41, 5.74) is 3.41. The molecule has 2 aromatic heterocycles. The Kier molecular flexibility index (Phi) is 4.55. The maximum atomic E-state index is 12.9. The van der Waals surface area contributed by atoms with Crippen LogP contribution >= 0.6 is 0 Å². The summed E-state index contributed by atoms with van der Waals surface area (Å²) in [6, 6.07) is 9.68. The van der Waals surface area contributed by atoms with Gasteiger partial charge in [-0.2, -0.15) is 5.10 Å². The number of nitrogens with one attached hydrogen (secondary N) is 1. The average molecular weight is 349 g/mol. The highest BCUT2D eigenvalue weighted by Crippen LogP contribution is 2.31. The minimum atomic E-state index is -0.590. The monoisotopic (exact) mass is 349 g/mol. The molecule has 0 aliphatic rings. The van der Waals surface area contributed by atoms with Gasteiger partial charge in [-0.3, -0.25) is 5.10 Å². The van der Waals surface area contributed by atoms with Crippen molar-refractivity contribution in [1.29, 1.82) is 0 Å². The maximum absolute atomic E-state index is 12.9. The molecule has 1 aromatic carbocycles. The Bertz CT molecular complexity index is 1000. The number of rotatable bonds is 3. The van der Waals surface area contributed by atoms with Crippen LogP contribution in [0.3, 0.4) is 0 Å². The zero-order valence-electron chi connectivity index (χ0n) is 15.5. The third-order valence-electron chi connectivity index (χ3n) is 3.92. The van der Waals surface area contributed by atoms with Gasteiger partial charge in [-0.05, 0) is 39.8 Å². The summed E-state index contributed by atoms with van der Waals surface area (Å²) in [5.74, 6) is 0. The van der Waals surface area contributed by atoms with E-state index in [2.05, 4.69) is 16.8 Å². The van der Waals surface area contributed by atoms with Crippen LogP contribution in [-0.4, -0.2) is 26.5 Å². The summed E-state index contributed by atoms with van der Waals surface area (Å²) in [7, 11) is 0. The lowest BCUT2D eigenvalue weighted by atomic mass is 10.1. The van der Waals surface area contributed by atoms with Crippen LogP contribution in [0.2, 0.25) is 0 Å². The maximum Gasteiger partial charge on any atom is 0.419 e. The number of hydrogen-bond donors (Lipinski definition) is 1. The number of aromatic nitrogens is 3. The number of carbonyl (C=O) groups excluding carboxylic acids is 1. The Balaban J connectivity index is 2.24. The van der Waals surface area contributed by atoms with Crippen LogP contribution in [0.4, 0.5) is 4.79 Å². The number of para-hydroxylation sites is 1. The van der Waals surface area contributed by atoms with Gasteiger partial charge in [-0.1, -0.05) is 43.0 Å². The molecule has 134 valence electrons. The fourth-order valence-corrected chi connectivity index (χ4v) is 2.83. The molecular formula is C21H23N3O2. The summed E-state index contributed by atoms with van der Waals surface area (Å²) in [4.78, 5) is 12.9. The first-order valence-electron chi connectivity index (χ1n) is 8.50. The second-order valence-electron chi connectivity index (χ2n) is 7.11. The summed E-state index contributed by atoms with van der Waals surface area (Å²) < 4.78 is 7.22. The quantitative estimate of drug-likeness (QED) is 0.651. The van der Waals surface area contributed by atoms with Gasteiger partial charge in [-0.15, -0.1) is 0 Å². The highest BCUT2D eigenvalue weighted by atomic mass is 16.6. The Morgan fingerprint density at radius 1 is 1.31 bits per heavy atom. The van der Waals surface area contributed by atoms with E-state index in [0.717, 1.165) is 22.2 Å². The summed E-state index contributed by atoms with van der Waals surface area (Å²) in [5, 5.41) is 8.39. The van der Waals surface area contributed by atoms with Crippen molar-refractivity contribution in [2.45, 2.75) is 33.3 Å². The van der Waals surface area contributed by atoms with Crippen molar-refractivity contribution >= 4 is 23.1 Å². The van der Waals surface area contributed by atoms with Gasteiger partial charge in [0.15, 0.2) is 0 Å². The van der Waals surface area contributed by atoms with Crippen LogP contribution in [0.5, 0.6) is 0 Å². The van der Waals surface area contributed by atoms with Gasteiger partial charge < -0.3 is 4.74 Å². The van der Waals surface area contributed by atoms with Crippen LogP contribution < -0.4 is 0 Å². The molecule has 3 rings (SSSR count). The van der Waals surface area contributed by atoms with Gasteiger partial charge in [0.2, 0.25) is 0 Å². The molecule has 0 atom stereocenters. The first-order valence-corrected chi connectivity index (χ1v) is 8.50. The molecule has 5 nitrogen and oxygen atoms in total. The highest BCUT2D eigenvalue weighted by Gasteiger charge is 2.25. The molecule has 1 N–H and O–H groups in total. The van der Waals surface area contributed by atoms with Crippen molar-refractivity contribution in [2.24, 2.45) is 0 Å². The zero-order chi connectivity index (χ0) is 18.9. The molecule has 26 heavy (non-hydrogen) atoms. The van der Waals surface area contributed by atoms with Crippen LogP contribution in [-0.2, 0) is 4.74 Å². The van der Waals surface area contributed by atoms with Gasteiger partial charge in [0.25, 0.3) is 0 Å². The van der Waals surface area contributed by atoms with Gasteiger partial charge >= 0.3 is 6.09 Å². The zero-order valence-corrected chi connectivity index (χ0v) is 15.5. The molecule has 0 radical (unpaired) electrons. The van der Waals surface area contributed by atoms with E-state index in [0.29, 0.717) is 11.4 Å². The number of fused-ring (bicyclic) bond motifs is 1. The van der Waals surface area contributed by atoms with E-state index in [4.69, 9.17) is 4.74 Å². The van der Waals surface area contributed by atoms with Crippen molar-refractivity contribution in [1.82, 2.24) is 14.8 Å². The van der Waals surface area contributed by atoms with Crippen molar-refractivity contribution in [3.8, 4) is 11.4 Å². The van der Waals surface area contributed by atoms with Crippen LogP contribution in [0.1, 0.15) is 32.0 Å². The molecule has 2 heterocycles. The second kappa shape index (κ2) is 6.67. The summed E-state index contributed by atoms with van der Waals surface area (Å²) in [6.45, 7) is 11.2. The molecule has 0 unspecified atom stereocenters. The van der Waals surface area contributed by atoms with Crippen molar-refractivity contribution < 1.29 is 9.53 Å². The summed E-state index contributed by atoms with van der Waals surface area (Å²) in [6.07, 6.45) is 5.06. The Hall–Kier alpha value is -3.08. The first-order chi connectivity index (χ1) is 12.3. The lowest BCUT2D eigenvalue weighted by molar-refractivity contribution is 0.0547. The van der Waals surface area contributed by atoms with E-state index in [1.807, 2.05) is 70.2 Å². The largest absolute Gasteiger partial charge is 0.443 e. The fraction of sp³-hybridized carbons (Fsp3) is 0.238. The number of H-pyrrole nitrogens is 1. The number of carbonyl (C=O) groups is 1. The number of ether oxygens (including phenoxy) is 1. The molecule has 0 saturated heterocycles. The summed E-state index contributed by atoms with van der Waals surface area (Å²) >= 11 is 0. The standard InChI is InChI=1S/C21H23N3O2/c1-6-7-11-16-14(2)22-23-19(16)18-13-15-10-8-9-12-17(15)24(18)20(25)26-21(3,4)5/h6-13H,1H2,2-5H3,(H,22,23)/b11-7-. The number of aromatic amines is 1. The Morgan fingerprint density at radius 3 is 2.73 bits per heavy atom. The first kappa shape index (κ1) is 17.7. The smallest absolute Gasteiger partial charge is 0.419 e. The molecule has 5 heteroatoms. The van der Waals surface area contributed by atoms with Gasteiger partial charge in [0.05, 0.1) is 11.2 Å². The Morgan fingerprint density at radius 2 is 2.04 bits per heavy atom. The van der Waals surface area contributed by atoms with Crippen molar-refractivity contribution in [3.05, 3.63) is 60.3 Å². The minimum Gasteiger partial charge on any atom is -0.443 e. The molecule has 0 fully saturated rings. The van der Waals surface area contributed by atoms with E-state index in [9.17, 15) is 4.79 Å². The fourth-order valence-electron chi connectivity index (χ4n) is 2.83. The number of nitrogens with zero attached hydrogens (tertiary/aromatic N) is 2. The van der Waals surface area contributed by atoms with E-state index in [1.165, 1.54) is 0 Å². The normalized spacial score (nSPS) is 12.0. The molecular weight excluding hydrogens is 326 g/mol. The number of hydrogen-bond acceptors (Lipinski definition) is 3. The lowest BCUT2D eigenvalue weighted by Gasteiger charge is -2.20. The van der Waals surface area contributed by atoms with Crippen molar-refractivity contribution in [3.63, 3.8) is 0 Å². The molecule has 0 aliphatic carbocycles. The molecule has 0 aliphatic heterocycles. The van der Waals surface area contributed by atoms with E-state index >= 15 is 0 Å². The third kappa shape index (κ3) is 3.33. The van der Waals surface area contributed by atoms with Crippen LogP contribution in [0.15, 0.2) is 49.1 Å². The van der Waals surface area contributed by atoms with E-state index in [1.54, 1.807) is 10.6 Å². The van der Waals surface area contributed by atoms with Crippen LogP contribution in [0.25, 0.3) is 28.4 Å². The predicted octanol–water partition coefficient (Wildman–Crippen LogP) is 5.32. The molecule has 0 bridgehead atoms. The van der Waals surface area contributed by atoms with Crippen LogP contribution in [0, 0.1) is 6.92 Å². The van der Waals surface area contributed by atoms with Crippen molar-refractivity contribution in [2.75, 3.05) is 0 Å². The van der Waals surface area contributed by atoms with E-state index < -0.39 is 11.7 Å². The number of benzene rings is 1. The van der Waals surface area contributed by atoms with Gasteiger partial charge in [0, 0.05) is 16.6 Å².